The molecule has 0 aliphatic carbocycles. The monoisotopic (exact) mass is 439 g/mol. The summed E-state index contributed by atoms with van der Waals surface area (Å²) >= 11 is 11.8. The summed E-state index contributed by atoms with van der Waals surface area (Å²) in [7, 11) is 0. The molecule has 1 unspecified atom stereocenters. The average molecular weight is 440 g/mol. The van der Waals surface area contributed by atoms with Crippen LogP contribution in [0.25, 0.3) is 0 Å². The molecule has 1 fully saturated rings. The first-order valence-electron chi connectivity index (χ1n) is 9.53. The van der Waals surface area contributed by atoms with Crippen LogP contribution in [0.2, 0.25) is 10.0 Å². The molecule has 1 aliphatic rings. The molecule has 29 heavy (non-hydrogen) atoms. The minimum absolute atomic E-state index is 0.140. The van der Waals surface area contributed by atoms with Gasteiger partial charge in [-0.15, -0.1) is 0 Å². The van der Waals surface area contributed by atoms with Crippen LogP contribution in [0, 0.1) is 5.82 Å². The molecule has 1 amide bonds. The van der Waals surface area contributed by atoms with Crippen LogP contribution in [0.15, 0.2) is 42.5 Å². The van der Waals surface area contributed by atoms with Gasteiger partial charge in [-0.05, 0) is 37.3 Å². The van der Waals surface area contributed by atoms with Gasteiger partial charge in [-0.25, -0.2) is 4.39 Å². The standard InChI is InChI=1S/C21H24Cl2FN3O2/c1-15(21(28)25-19-7-6-16(22)14-18(19)24)27-10-8-26(9-11-27)12-13-29-20-5-3-2-4-17(20)23/h2-7,14-15H,8-13H2,1H3,(H,25,28). The van der Waals surface area contributed by atoms with E-state index in [0.29, 0.717) is 22.4 Å². The average Bonchev–Trinajstić information content (AvgIpc) is 2.71. The Balaban J connectivity index is 1.42. The summed E-state index contributed by atoms with van der Waals surface area (Å²) in [5.41, 5.74) is 0.140. The summed E-state index contributed by atoms with van der Waals surface area (Å²) in [6, 6.07) is 11.3. The van der Waals surface area contributed by atoms with Gasteiger partial charge in [0.2, 0.25) is 5.91 Å². The van der Waals surface area contributed by atoms with E-state index in [2.05, 4.69) is 15.1 Å². The molecule has 1 heterocycles. The molecular weight excluding hydrogens is 416 g/mol. The van der Waals surface area contributed by atoms with Gasteiger partial charge >= 0.3 is 0 Å². The third-order valence-corrected chi connectivity index (χ3v) is 5.57. The third kappa shape index (κ3) is 6.06. The zero-order chi connectivity index (χ0) is 20.8. The second-order valence-electron chi connectivity index (χ2n) is 6.95. The van der Waals surface area contributed by atoms with Crippen molar-refractivity contribution in [2.45, 2.75) is 13.0 Å². The SMILES string of the molecule is CC(C(=O)Nc1ccc(Cl)cc1F)N1CCN(CCOc2ccccc2Cl)CC1. The molecule has 1 aliphatic heterocycles. The molecule has 2 aromatic carbocycles. The highest BCUT2D eigenvalue weighted by Crippen LogP contribution is 2.23. The van der Waals surface area contributed by atoms with Gasteiger partial charge in [0.25, 0.3) is 0 Å². The molecule has 1 saturated heterocycles. The Labute approximate surface area is 180 Å². The van der Waals surface area contributed by atoms with Gasteiger partial charge in [0.05, 0.1) is 16.8 Å². The van der Waals surface area contributed by atoms with Crippen molar-refractivity contribution >= 4 is 34.8 Å². The van der Waals surface area contributed by atoms with Gasteiger partial charge in [-0.3, -0.25) is 14.6 Å². The van der Waals surface area contributed by atoms with E-state index in [1.165, 1.54) is 12.1 Å². The first kappa shape index (κ1) is 21.8. The van der Waals surface area contributed by atoms with Gasteiger partial charge in [-0.1, -0.05) is 35.3 Å². The van der Waals surface area contributed by atoms with Crippen LogP contribution < -0.4 is 10.1 Å². The van der Waals surface area contributed by atoms with Crippen LogP contribution in [0.4, 0.5) is 10.1 Å². The van der Waals surface area contributed by atoms with Crippen LogP contribution in [-0.2, 0) is 4.79 Å². The predicted molar refractivity (Wildman–Crippen MR) is 114 cm³/mol. The minimum atomic E-state index is -0.540. The molecular formula is C21H24Cl2FN3O2. The lowest BCUT2D eigenvalue weighted by atomic mass is 10.2. The van der Waals surface area contributed by atoms with Crippen LogP contribution in [0.3, 0.4) is 0 Å². The first-order chi connectivity index (χ1) is 13.9. The number of benzene rings is 2. The second kappa shape index (κ2) is 10.3. The summed E-state index contributed by atoms with van der Waals surface area (Å²) in [6.45, 7) is 6.34. The highest BCUT2D eigenvalue weighted by molar-refractivity contribution is 6.32. The van der Waals surface area contributed by atoms with Crippen molar-refractivity contribution < 1.29 is 13.9 Å². The Morgan fingerprint density at radius 3 is 2.59 bits per heavy atom. The maximum absolute atomic E-state index is 13.9. The number of nitrogens with zero attached hydrogens (tertiary/aromatic N) is 2. The fourth-order valence-corrected chi connectivity index (χ4v) is 3.56. The Kier molecular flexibility index (Phi) is 7.72. The zero-order valence-electron chi connectivity index (χ0n) is 16.2. The van der Waals surface area contributed by atoms with Gasteiger partial charge in [0.15, 0.2) is 0 Å². The molecule has 8 heteroatoms. The molecule has 0 spiro atoms. The summed E-state index contributed by atoms with van der Waals surface area (Å²) in [5.74, 6) is -0.0874. The van der Waals surface area contributed by atoms with E-state index in [1.807, 2.05) is 25.1 Å². The lowest BCUT2D eigenvalue weighted by Crippen LogP contribution is -2.53. The van der Waals surface area contributed by atoms with Crippen molar-refractivity contribution in [1.29, 1.82) is 0 Å². The fourth-order valence-electron chi connectivity index (χ4n) is 3.21. The molecule has 5 nitrogen and oxygen atoms in total. The van der Waals surface area contributed by atoms with E-state index < -0.39 is 5.82 Å². The number of ether oxygens (including phenoxy) is 1. The second-order valence-corrected chi connectivity index (χ2v) is 7.79. The van der Waals surface area contributed by atoms with Crippen LogP contribution in [-0.4, -0.2) is 61.1 Å². The van der Waals surface area contributed by atoms with E-state index in [9.17, 15) is 9.18 Å². The molecule has 3 rings (SSSR count). The topological polar surface area (TPSA) is 44.8 Å². The molecule has 2 aromatic rings. The Morgan fingerprint density at radius 1 is 1.17 bits per heavy atom. The summed E-state index contributed by atoms with van der Waals surface area (Å²) < 4.78 is 19.6. The van der Waals surface area contributed by atoms with E-state index in [0.717, 1.165) is 32.7 Å². The molecule has 0 saturated carbocycles. The van der Waals surface area contributed by atoms with E-state index in [-0.39, 0.29) is 17.6 Å². The number of nitrogens with one attached hydrogen (secondary N) is 1. The maximum atomic E-state index is 13.9. The van der Waals surface area contributed by atoms with Crippen LogP contribution >= 0.6 is 23.2 Å². The quantitative estimate of drug-likeness (QED) is 0.703. The Morgan fingerprint density at radius 2 is 1.90 bits per heavy atom. The number of halogens is 3. The number of piperazine rings is 1. The summed E-state index contributed by atoms with van der Waals surface area (Å²) in [6.07, 6.45) is 0. The normalized spacial score (nSPS) is 16.4. The number of carbonyl (C=O) groups excluding carboxylic acids is 1. The van der Waals surface area contributed by atoms with Gasteiger partial charge in [0.1, 0.15) is 18.2 Å². The largest absolute Gasteiger partial charge is 0.491 e. The van der Waals surface area contributed by atoms with Crippen molar-refractivity contribution in [1.82, 2.24) is 9.80 Å². The van der Waals surface area contributed by atoms with Gasteiger partial charge < -0.3 is 10.1 Å². The van der Waals surface area contributed by atoms with Crippen molar-refractivity contribution in [3.05, 3.63) is 58.3 Å². The molecule has 1 N–H and O–H groups in total. The molecule has 0 aromatic heterocycles. The summed E-state index contributed by atoms with van der Waals surface area (Å²) in [5, 5.41) is 3.54. The van der Waals surface area contributed by atoms with E-state index >= 15 is 0 Å². The number of para-hydroxylation sites is 1. The molecule has 0 radical (unpaired) electrons. The van der Waals surface area contributed by atoms with E-state index in [4.69, 9.17) is 27.9 Å². The van der Waals surface area contributed by atoms with Crippen molar-refractivity contribution in [3.8, 4) is 5.75 Å². The van der Waals surface area contributed by atoms with Crippen molar-refractivity contribution in [2.24, 2.45) is 0 Å². The lowest BCUT2D eigenvalue weighted by Gasteiger charge is -2.37. The van der Waals surface area contributed by atoms with Crippen molar-refractivity contribution in [2.75, 3.05) is 44.6 Å². The highest BCUT2D eigenvalue weighted by atomic mass is 35.5. The third-order valence-electron chi connectivity index (χ3n) is 5.02. The molecule has 156 valence electrons. The van der Waals surface area contributed by atoms with Crippen LogP contribution in [0.5, 0.6) is 5.75 Å². The number of hydrogen-bond donors (Lipinski definition) is 1. The predicted octanol–water partition coefficient (Wildman–Crippen LogP) is 4.16. The van der Waals surface area contributed by atoms with Gasteiger partial charge in [-0.2, -0.15) is 0 Å². The smallest absolute Gasteiger partial charge is 0.241 e. The lowest BCUT2D eigenvalue weighted by molar-refractivity contribution is -0.121. The van der Waals surface area contributed by atoms with E-state index in [1.54, 1.807) is 12.1 Å². The number of amides is 1. The Hall–Kier alpha value is -1.86. The van der Waals surface area contributed by atoms with Crippen molar-refractivity contribution in [3.63, 3.8) is 0 Å². The minimum Gasteiger partial charge on any atom is -0.491 e. The molecule has 0 bridgehead atoms. The van der Waals surface area contributed by atoms with Gasteiger partial charge in [0, 0.05) is 37.7 Å². The molecule has 1 atom stereocenters. The Bertz CT molecular complexity index is 844. The highest BCUT2D eigenvalue weighted by Gasteiger charge is 2.26. The summed E-state index contributed by atoms with van der Waals surface area (Å²) in [4.78, 5) is 16.9. The number of anilines is 1. The fraction of sp³-hybridized carbons (Fsp3) is 0.381. The first-order valence-corrected chi connectivity index (χ1v) is 10.3. The maximum Gasteiger partial charge on any atom is 0.241 e. The van der Waals surface area contributed by atoms with Crippen LogP contribution in [0.1, 0.15) is 6.92 Å². The number of rotatable bonds is 7. The number of hydrogen-bond acceptors (Lipinski definition) is 4. The number of carbonyl (C=O) groups is 1. The zero-order valence-corrected chi connectivity index (χ0v) is 17.7.